The van der Waals surface area contributed by atoms with Gasteiger partial charge >= 0.3 is 0 Å². The van der Waals surface area contributed by atoms with Gasteiger partial charge in [-0.2, -0.15) is 0 Å². The number of halogens is 1. The van der Waals surface area contributed by atoms with E-state index in [1.807, 2.05) is 13.0 Å². The van der Waals surface area contributed by atoms with Gasteiger partial charge in [-0.05, 0) is 86.5 Å². The predicted molar refractivity (Wildman–Crippen MR) is 150 cm³/mol. The molecule has 1 amide bonds. The van der Waals surface area contributed by atoms with Gasteiger partial charge in [0.2, 0.25) is 5.95 Å². The number of anilines is 3. The van der Waals surface area contributed by atoms with Gasteiger partial charge in [0.25, 0.3) is 26.0 Å². The van der Waals surface area contributed by atoms with Crippen molar-refractivity contribution in [2.24, 2.45) is 0 Å². The number of hydrogen-bond acceptors (Lipinski definition) is 7. The quantitative estimate of drug-likeness (QED) is 0.266. The highest BCUT2D eigenvalue weighted by atomic mass is 35.5. The Morgan fingerprint density at radius 3 is 2.26 bits per heavy atom. The lowest BCUT2D eigenvalue weighted by molar-refractivity contribution is 0.102. The maximum Gasteiger partial charge on any atom is 0.264 e. The van der Waals surface area contributed by atoms with Gasteiger partial charge in [0.05, 0.1) is 15.6 Å². The third-order valence-electron chi connectivity index (χ3n) is 5.77. The van der Waals surface area contributed by atoms with Crippen LogP contribution in [0.2, 0.25) is 5.02 Å². The molecule has 0 bridgehead atoms. The van der Waals surface area contributed by atoms with Crippen LogP contribution in [0, 0.1) is 20.8 Å². The second kappa shape index (κ2) is 11.0. The summed E-state index contributed by atoms with van der Waals surface area (Å²) in [5.74, 6) is -0.676. The van der Waals surface area contributed by atoms with E-state index in [9.17, 15) is 21.6 Å². The van der Waals surface area contributed by atoms with Crippen LogP contribution in [-0.4, -0.2) is 32.7 Å². The van der Waals surface area contributed by atoms with Crippen molar-refractivity contribution < 1.29 is 21.6 Å². The van der Waals surface area contributed by atoms with E-state index in [1.165, 1.54) is 48.7 Å². The Morgan fingerprint density at radius 1 is 0.846 bits per heavy atom. The summed E-state index contributed by atoms with van der Waals surface area (Å²) in [6.07, 6.45) is 1.44. The van der Waals surface area contributed by atoms with Gasteiger partial charge in [0.15, 0.2) is 0 Å². The molecule has 202 valence electrons. The highest BCUT2D eigenvalue weighted by Gasteiger charge is 2.22. The van der Waals surface area contributed by atoms with Crippen LogP contribution < -0.4 is 14.8 Å². The minimum Gasteiger partial charge on any atom is -0.322 e. The Kier molecular flexibility index (Phi) is 7.91. The molecule has 1 heterocycles. The Morgan fingerprint density at radius 2 is 1.56 bits per heavy atom. The van der Waals surface area contributed by atoms with E-state index in [4.69, 9.17) is 11.6 Å². The number of rotatable bonds is 8. The number of carbonyl (C=O) groups is 1. The van der Waals surface area contributed by atoms with Crippen LogP contribution in [0.1, 0.15) is 27.2 Å². The van der Waals surface area contributed by atoms with E-state index in [1.54, 1.807) is 32.0 Å². The Hall–Kier alpha value is -4.00. The average Bonchev–Trinajstić information content (AvgIpc) is 2.87. The molecule has 0 saturated heterocycles. The fraction of sp³-hybridized carbons (Fsp3) is 0.115. The highest BCUT2D eigenvalue weighted by molar-refractivity contribution is 7.93. The van der Waals surface area contributed by atoms with E-state index in [0.29, 0.717) is 17.1 Å². The van der Waals surface area contributed by atoms with Crippen LogP contribution in [-0.2, 0) is 20.0 Å². The molecule has 0 saturated carbocycles. The lowest BCUT2D eigenvalue weighted by Gasteiger charge is -2.14. The van der Waals surface area contributed by atoms with Crippen molar-refractivity contribution in [1.29, 1.82) is 0 Å². The topological polar surface area (TPSA) is 147 Å². The van der Waals surface area contributed by atoms with Crippen molar-refractivity contribution in [2.45, 2.75) is 30.6 Å². The molecular formula is C26H24ClN5O5S2. The first-order valence-electron chi connectivity index (χ1n) is 11.5. The number of aromatic nitrogens is 2. The maximum atomic E-state index is 13.1. The van der Waals surface area contributed by atoms with Crippen molar-refractivity contribution in [3.63, 3.8) is 0 Å². The Bertz CT molecular complexity index is 1780. The van der Waals surface area contributed by atoms with Crippen molar-refractivity contribution in [3.05, 3.63) is 100 Å². The summed E-state index contributed by atoms with van der Waals surface area (Å²) in [5.41, 5.74) is 3.00. The number of amides is 1. The van der Waals surface area contributed by atoms with E-state index in [0.717, 1.165) is 11.1 Å². The number of nitrogens with one attached hydrogen (secondary N) is 3. The van der Waals surface area contributed by atoms with Gasteiger partial charge in [0.1, 0.15) is 4.90 Å². The summed E-state index contributed by atoms with van der Waals surface area (Å²) in [6.45, 7) is 5.36. The SMILES string of the molecule is Cc1ccnc(NS(=O)(=O)c2ccc(NC(=O)c3ccc(Cl)c(S(=O)(=O)Nc4cccc(C)c4C)c3)cc2)n1. The second-order valence-electron chi connectivity index (χ2n) is 8.60. The Labute approximate surface area is 231 Å². The minimum absolute atomic E-state index is 0.0377. The second-order valence-corrected chi connectivity index (χ2v) is 12.3. The molecule has 0 fully saturated rings. The van der Waals surface area contributed by atoms with Gasteiger partial charge in [0, 0.05) is 23.1 Å². The monoisotopic (exact) mass is 585 g/mol. The number of hydrogen-bond donors (Lipinski definition) is 3. The van der Waals surface area contributed by atoms with Gasteiger partial charge in [-0.25, -0.2) is 31.5 Å². The Balaban J connectivity index is 1.51. The van der Waals surface area contributed by atoms with Crippen molar-refractivity contribution in [2.75, 3.05) is 14.8 Å². The van der Waals surface area contributed by atoms with Crippen LogP contribution in [0.15, 0.2) is 82.7 Å². The predicted octanol–water partition coefficient (Wildman–Crippen LogP) is 4.91. The molecule has 0 aliphatic carbocycles. The molecule has 0 aliphatic rings. The molecule has 0 atom stereocenters. The summed E-state index contributed by atoms with van der Waals surface area (Å²) >= 11 is 6.19. The molecule has 0 radical (unpaired) electrons. The fourth-order valence-electron chi connectivity index (χ4n) is 3.51. The van der Waals surface area contributed by atoms with Crippen LogP contribution in [0.4, 0.5) is 17.3 Å². The van der Waals surface area contributed by atoms with Gasteiger partial charge in [-0.15, -0.1) is 0 Å². The van der Waals surface area contributed by atoms with Crippen LogP contribution in [0.25, 0.3) is 0 Å². The lowest BCUT2D eigenvalue weighted by Crippen LogP contribution is -2.17. The first-order chi connectivity index (χ1) is 18.4. The molecule has 0 spiro atoms. The maximum absolute atomic E-state index is 13.1. The van der Waals surface area contributed by atoms with Crippen molar-refractivity contribution >= 4 is 54.9 Å². The zero-order chi connectivity index (χ0) is 28.4. The molecule has 4 rings (SSSR count). The van der Waals surface area contributed by atoms with Crippen LogP contribution >= 0.6 is 11.6 Å². The largest absolute Gasteiger partial charge is 0.322 e. The molecule has 0 aliphatic heterocycles. The number of nitrogens with zero attached hydrogens (tertiary/aromatic N) is 2. The molecule has 4 aromatic rings. The van der Waals surface area contributed by atoms with Crippen molar-refractivity contribution in [1.82, 2.24) is 9.97 Å². The van der Waals surface area contributed by atoms with E-state index in [2.05, 4.69) is 24.7 Å². The summed E-state index contributed by atoms with van der Waals surface area (Å²) in [6, 6.07) is 16.2. The van der Waals surface area contributed by atoms with Gasteiger partial charge < -0.3 is 5.32 Å². The number of sulfonamides is 2. The van der Waals surface area contributed by atoms with Crippen LogP contribution in [0.5, 0.6) is 0 Å². The zero-order valence-electron chi connectivity index (χ0n) is 21.1. The third kappa shape index (κ3) is 6.53. The smallest absolute Gasteiger partial charge is 0.264 e. The molecule has 10 nitrogen and oxygen atoms in total. The third-order valence-corrected chi connectivity index (χ3v) is 8.97. The molecule has 39 heavy (non-hydrogen) atoms. The first kappa shape index (κ1) is 28.0. The summed E-state index contributed by atoms with van der Waals surface area (Å²) in [4.78, 5) is 20.5. The highest BCUT2D eigenvalue weighted by Crippen LogP contribution is 2.28. The zero-order valence-corrected chi connectivity index (χ0v) is 23.4. The van der Waals surface area contributed by atoms with E-state index in [-0.39, 0.29) is 26.3 Å². The normalized spacial score (nSPS) is 11.6. The van der Waals surface area contributed by atoms with E-state index < -0.39 is 26.0 Å². The minimum atomic E-state index is -4.11. The van der Waals surface area contributed by atoms with Gasteiger partial charge in [-0.3, -0.25) is 9.52 Å². The molecular weight excluding hydrogens is 562 g/mol. The lowest BCUT2D eigenvalue weighted by atomic mass is 10.1. The molecule has 13 heteroatoms. The molecule has 3 N–H and O–H groups in total. The average molecular weight is 586 g/mol. The molecule has 1 aromatic heterocycles. The number of aryl methyl sites for hydroxylation is 2. The standard InChI is InChI=1S/C26H24ClN5O5S2/c1-16-5-4-6-23(18(16)3)31-39(36,37)24-15-19(7-12-22(24)27)25(33)30-20-8-10-21(11-9-20)38(34,35)32-26-28-14-13-17(2)29-26/h4-15,31H,1-3H3,(H,30,33)(H,28,29,32). The first-order valence-corrected chi connectivity index (χ1v) is 14.8. The summed E-state index contributed by atoms with van der Waals surface area (Å²) in [5, 5.41) is 2.57. The number of carbonyl (C=O) groups excluding carboxylic acids is 1. The van der Waals surface area contributed by atoms with E-state index >= 15 is 0 Å². The molecule has 0 unspecified atom stereocenters. The summed E-state index contributed by atoms with van der Waals surface area (Å²) in [7, 11) is -8.07. The van der Waals surface area contributed by atoms with Crippen LogP contribution in [0.3, 0.4) is 0 Å². The van der Waals surface area contributed by atoms with Gasteiger partial charge in [-0.1, -0.05) is 23.7 Å². The summed E-state index contributed by atoms with van der Waals surface area (Å²) < 4.78 is 56.3. The fourth-order valence-corrected chi connectivity index (χ4v) is 6.11. The molecule has 3 aromatic carbocycles. The number of benzene rings is 3. The van der Waals surface area contributed by atoms with Crippen molar-refractivity contribution in [3.8, 4) is 0 Å².